The Hall–Kier alpha value is -2.97. The number of sulfone groups is 1. The van der Waals surface area contributed by atoms with Crippen molar-refractivity contribution >= 4 is 26.4 Å². The van der Waals surface area contributed by atoms with Crippen molar-refractivity contribution in [2.24, 2.45) is 0 Å². The van der Waals surface area contributed by atoms with Gasteiger partial charge in [-0.15, -0.1) is 0 Å². The van der Waals surface area contributed by atoms with Crippen LogP contribution < -0.4 is 0 Å². The first-order valence-electron chi connectivity index (χ1n) is 7.73. The monoisotopic (exact) mass is 349 g/mol. The van der Waals surface area contributed by atoms with Gasteiger partial charge in [-0.25, -0.2) is 8.42 Å². The van der Waals surface area contributed by atoms with E-state index in [2.05, 4.69) is 0 Å². The maximum absolute atomic E-state index is 12.9. The molecule has 25 heavy (non-hydrogen) atoms. The molecule has 0 saturated heterocycles. The molecule has 5 heteroatoms. The summed E-state index contributed by atoms with van der Waals surface area (Å²) in [5.74, 6) is -0.559. The molecular formula is C20H15NO3S. The van der Waals surface area contributed by atoms with E-state index in [-0.39, 0.29) is 11.3 Å². The van der Waals surface area contributed by atoms with Crippen molar-refractivity contribution in [3.63, 3.8) is 0 Å². The highest BCUT2D eigenvalue weighted by Crippen LogP contribution is 2.23. The fraction of sp³-hybridized carbons (Fsp3) is 0.100. The van der Waals surface area contributed by atoms with E-state index < -0.39 is 20.9 Å². The third-order valence-electron chi connectivity index (χ3n) is 4.05. The standard InChI is InChI=1S/C20H15NO3S/c21-13-12-19(25(23,24)18-8-2-1-3-9-18)20(22)17-11-10-15-6-4-5-7-16(15)14-17/h1-11,14,19H,12H2. The summed E-state index contributed by atoms with van der Waals surface area (Å²) >= 11 is 0. The molecule has 124 valence electrons. The lowest BCUT2D eigenvalue weighted by Crippen LogP contribution is -2.30. The van der Waals surface area contributed by atoms with Crippen molar-refractivity contribution < 1.29 is 13.2 Å². The number of rotatable bonds is 5. The molecule has 0 spiro atoms. The van der Waals surface area contributed by atoms with Crippen LogP contribution in [0.4, 0.5) is 0 Å². The van der Waals surface area contributed by atoms with E-state index in [9.17, 15) is 13.2 Å². The molecule has 0 heterocycles. The number of hydrogen-bond acceptors (Lipinski definition) is 4. The van der Waals surface area contributed by atoms with Crippen LogP contribution in [-0.2, 0) is 9.84 Å². The van der Waals surface area contributed by atoms with Gasteiger partial charge in [0, 0.05) is 5.56 Å². The second kappa shape index (κ2) is 6.88. The van der Waals surface area contributed by atoms with Crippen LogP contribution in [0, 0.1) is 11.3 Å². The van der Waals surface area contributed by atoms with Gasteiger partial charge >= 0.3 is 0 Å². The summed E-state index contributed by atoms with van der Waals surface area (Å²) in [7, 11) is -3.94. The van der Waals surface area contributed by atoms with Gasteiger partial charge in [0.15, 0.2) is 15.6 Å². The van der Waals surface area contributed by atoms with Gasteiger partial charge in [0.25, 0.3) is 0 Å². The van der Waals surface area contributed by atoms with Gasteiger partial charge in [-0.05, 0) is 29.0 Å². The molecule has 0 aliphatic rings. The van der Waals surface area contributed by atoms with Gasteiger partial charge in [0.05, 0.1) is 17.4 Å². The molecule has 3 aromatic rings. The fourth-order valence-electron chi connectivity index (χ4n) is 2.73. The van der Waals surface area contributed by atoms with Gasteiger partial charge in [-0.1, -0.05) is 54.6 Å². The zero-order chi connectivity index (χ0) is 17.9. The van der Waals surface area contributed by atoms with E-state index in [1.807, 2.05) is 30.3 Å². The predicted octanol–water partition coefficient (Wildman–Crippen LogP) is 3.78. The molecular weight excluding hydrogens is 334 g/mol. The molecule has 1 atom stereocenters. The molecule has 0 aromatic heterocycles. The quantitative estimate of drug-likeness (QED) is 0.657. The highest BCUT2D eigenvalue weighted by atomic mass is 32.2. The van der Waals surface area contributed by atoms with Gasteiger partial charge in [-0.3, -0.25) is 4.79 Å². The second-order valence-electron chi connectivity index (χ2n) is 5.64. The Morgan fingerprint density at radius 1 is 0.920 bits per heavy atom. The molecule has 3 aromatic carbocycles. The molecule has 1 unspecified atom stereocenters. The maximum Gasteiger partial charge on any atom is 0.189 e. The normalized spacial score (nSPS) is 12.4. The van der Waals surface area contributed by atoms with Crippen LogP contribution in [-0.4, -0.2) is 19.5 Å². The third kappa shape index (κ3) is 3.30. The van der Waals surface area contributed by atoms with Gasteiger partial charge in [0.1, 0.15) is 5.25 Å². The van der Waals surface area contributed by atoms with Crippen molar-refractivity contribution in [2.75, 3.05) is 0 Å². The number of nitriles is 1. The van der Waals surface area contributed by atoms with Crippen LogP contribution in [0.15, 0.2) is 77.7 Å². The van der Waals surface area contributed by atoms with Crippen LogP contribution in [0.25, 0.3) is 10.8 Å². The highest BCUT2D eigenvalue weighted by molar-refractivity contribution is 7.92. The number of ketones is 1. The van der Waals surface area contributed by atoms with E-state index in [1.54, 1.807) is 36.4 Å². The Bertz CT molecular complexity index is 1070. The lowest BCUT2D eigenvalue weighted by Gasteiger charge is -2.14. The summed E-state index contributed by atoms with van der Waals surface area (Å²) in [5.41, 5.74) is 0.290. The van der Waals surface area contributed by atoms with Crippen LogP contribution >= 0.6 is 0 Å². The number of carbonyl (C=O) groups excluding carboxylic acids is 1. The van der Waals surface area contributed by atoms with E-state index in [0.717, 1.165) is 10.8 Å². The van der Waals surface area contributed by atoms with E-state index in [0.29, 0.717) is 5.56 Å². The molecule has 0 saturated carbocycles. The molecule has 3 rings (SSSR count). The van der Waals surface area contributed by atoms with Crippen molar-refractivity contribution in [3.05, 3.63) is 78.4 Å². The Kier molecular flexibility index (Phi) is 4.64. The van der Waals surface area contributed by atoms with Crippen LogP contribution in [0.2, 0.25) is 0 Å². The first kappa shape index (κ1) is 16.9. The number of Topliss-reactive ketones (excluding diaryl/α,β-unsaturated/α-hetero) is 1. The average Bonchev–Trinajstić information content (AvgIpc) is 2.65. The molecule has 0 radical (unpaired) electrons. The Morgan fingerprint density at radius 3 is 2.24 bits per heavy atom. The molecule has 0 fully saturated rings. The molecule has 0 bridgehead atoms. The zero-order valence-electron chi connectivity index (χ0n) is 13.3. The largest absolute Gasteiger partial charge is 0.293 e. The first-order chi connectivity index (χ1) is 12.0. The average molecular weight is 349 g/mol. The van der Waals surface area contributed by atoms with Crippen molar-refractivity contribution in [1.29, 1.82) is 5.26 Å². The molecule has 0 aliphatic carbocycles. The van der Waals surface area contributed by atoms with Gasteiger partial charge in [-0.2, -0.15) is 5.26 Å². The van der Waals surface area contributed by atoms with Crippen LogP contribution in [0.1, 0.15) is 16.8 Å². The molecule has 0 N–H and O–H groups in total. The molecule has 4 nitrogen and oxygen atoms in total. The topological polar surface area (TPSA) is 75.0 Å². The fourth-order valence-corrected chi connectivity index (χ4v) is 4.31. The van der Waals surface area contributed by atoms with Crippen molar-refractivity contribution in [2.45, 2.75) is 16.6 Å². The zero-order valence-corrected chi connectivity index (χ0v) is 14.1. The summed E-state index contributed by atoms with van der Waals surface area (Å²) in [6, 6.07) is 22.2. The Balaban J connectivity index is 2.05. The van der Waals surface area contributed by atoms with E-state index in [4.69, 9.17) is 5.26 Å². The lowest BCUT2D eigenvalue weighted by atomic mass is 10.0. The molecule has 0 amide bonds. The number of hydrogen-bond donors (Lipinski definition) is 0. The smallest absolute Gasteiger partial charge is 0.189 e. The SMILES string of the molecule is N#CCC(C(=O)c1ccc2ccccc2c1)S(=O)(=O)c1ccccc1. The first-order valence-corrected chi connectivity index (χ1v) is 9.27. The third-order valence-corrected chi connectivity index (χ3v) is 6.11. The minimum Gasteiger partial charge on any atom is -0.293 e. The van der Waals surface area contributed by atoms with Crippen LogP contribution in [0.3, 0.4) is 0 Å². The second-order valence-corrected chi connectivity index (χ2v) is 7.77. The summed E-state index contributed by atoms with van der Waals surface area (Å²) in [6.07, 6.45) is -0.386. The lowest BCUT2D eigenvalue weighted by molar-refractivity contribution is 0.0987. The predicted molar refractivity (Wildman–Crippen MR) is 95.9 cm³/mol. The Labute approximate surface area is 146 Å². The van der Waals surface area contributed by atoms with E-state index >= 15 is 0 Å². The van der Waals surface area contributed by atoms with Crippen molar-refractivity contribution in [3.8, 4) is 6.07 Å². The summed E-state index contributed by atoms with van der Waals surface area (Å²) < 4.78 is 25.7. The van der Waals surface area contributed by atoms with Gasteiger partial charge < -0.3 is 0 Å². The minimum absolute atomic E-state index is 0.0457. The van der Waals surface area contributed by atoms with Gasteiger partial charge in [0.2, 0.25) is 0 Å². The summed E-state index contributed by atoms with van der Waals surface area (Å²) in [5, 5.41) is 9.44. The number of carbonyl (C=O) groups is 1. The van der Waals surface area contributed by atoms with E-state index in [1.165, 1.54) is 12.1 Å². The van der Waals surface area contributed by atoms with Crippen molar-refractivity contribution in [1.82, 2.24) is 0 Å². The number of benzene rings is 3. The Morgan fingerprint density at radius 2 is 1.56 bits per heavy atom. The highest BCUT2D eigenvalue weighted by Gasteiger charge is 2.34. The maximum atomic E-state index is 12.9. The summed E-state index contributed by atoms with van der Waals surface area (Å²) in [6.45, 7) is 0. The summed E-state index contributed by atoms with van der Waals surface area (Å²) in [4.78, 5) is 12.9. The van der Waals surface area contributed by atoms with Crippen LogP contribution in [0.5, 0.6) is 0 Å². The number of nitrogens with zero attached hydrogens (tertiary/aromatic N) is 1. The number of fused-ring (bicyclic) bond motifs is 1. The molecule has 0 aliphatic heterocycles. The minimum atomic E-state index is -3.94.